The Morgan fingerprint density at radius 2 is 2.40 bits per heavy atom. The van der Waals surface area contributed by atoms with Crippen LogP contribution in [0.15, 0.2) is 18.2 Å². The van der Waals surface area contributed by atoms with E-state index in [9.17, 15) is 9.90 Å². The van der Waals surface area contributed by atoms with E-state index < -0.39 is 5.97 Å². The number of carbonyl (C=O) groups is 1. The van der Waals surface area contributed by atoms with Crippen molar-refractivity contribution in [3.63, 3.8) is 0 Å². The zero-order valence-electron chi connectivity index (χ0n) is 10.2. The molecule has 0 atom stereocenters. The number of nitrogens with zero attached hydrogens (tertiary/aromatic N) is 3. The Kier molecular flexibility index (Phi) is 3.45. The van der Waals surface area contributed by atoms with Gasteiger partial charge in [0.05, 0.1) is 18.8 Å². The highest BCUT2D eigenvalue weighted by Crippen LogP contribution is 2.36. The van der Waals surface area contributed by atoms with Gasteiger partial charge in [-0.15, -0.1) is 5.10 Å². The first-order chi connectivity index (χ1) is 9.66. The van der Waals surface area contributed by atoms with Crippen molar-refractivity contribution in [3.8, 4) is 5.75 Å². The Labute approximate surface area is 123 Å². The maximum Gasteiger partial charge on any atom is 0.339 e. The summed E-state index contributed by atoms with van der Waals surface area (Å²) in [6.07, 6.45) is 0. The van der Waals surface area contributed by atoms with Crippen molar-refractivity contribution >= 4 is 34.8 Å². The number of para-hydroxylation sites is 1. The number of fused-ring (bicyclic) bond motifs is 1. The summed E-state index contributed by atoms with van der Waals surface area (Å²) in [4.78, 5) is 13.2. The second-order valence-electron chi connectivity index (χ2n) is 4.22. The van der Waals surface area contributed by atoms with Crippen molar-refractivity contribution in [2.24, 2.45) is 0 Å². The first kappa shape index (κ1) is 13.1. The fourth-order valence-corrected chi connectivity index (χ4v) is 2.72. The van der Waals surface area contributed by atoms with Gasteiger partial charge in [0.25, 0.3) is 0 Å². The summed E-state index contributed by atoms with van der Waals surface area (Å²) in [6.45, 7) is 1.55. The van der Waals surface area contributed by atoms with Gasteiger partial charge in [-0.3, -0.25) is 0 Å². The van der Waals surface area contributed by atoms with Crippen LogP contribution in [-0.4, -0.2) is 33.8 Å². The van der Waals surface area contributed by atoms with Gasteiger partial charge in [-0.1, -0.05) is 22.2 Å². The van der Waals surface area contributed by atoms with Crippen molar-refractivity contribution in [1.29, 1.82) is 0 Å². The summed E-state index contributed by atoms with van der Waals surface area (Å²) in [5, 5.41) is 13.2. The topological polar surface area (TPSA) is 75.6 Å². The Hall–Kier alpha value is -1.86. The van der Waals surface area contributed by atoms with Gasteiger partial charge in [0, 0.05) is 11.5 Å². The Morgan fingerprint density at radius 1 is 1.55 bits per heavy atom. The molecule has 20 heavy (non-hydrogen) atoms. The molecule has 1 aromatic heterocycles. The Morgan fingerprint density at radius 3 is 3.10 bits per heavy atom. The van der Waals surface area contributed by atoms with Gasteiger partial charge in [-0.25, -0.2) is 4.79 Å². The van der Waals surface area contributed by atoms with Crippen LogP contribution in [0.1, 0.15) is 16.1 Å². The van der Waals surface area contributed by atoms with Crippen LogP contribution in [-0.2, 0) is 6.54 Å². The highest BCUT2D eigenvalue weighted by molar-refractivity contribution is 7.10. The molecule has 1 aliphatic rings. The van der Waals surface area contributed by atoms with E-state index in [0.29, 0.717) is 35.5 Å². The van der Waals surface area contributed by atoms with Crippen LogP contribution in [0.25, 0.3) is 0 Å². The maximum atomic E-state index is 11.2. The van der Waals surface area contributed by atoms with E-state index in [2.05, 4.69) is 9.59 Å². The van der Waals surface area contributed by atoms with E-state index in [1.807, 2.05) is 11.0 Å². The lowest BCUT2D eigenvalue weighted by Crippen LogP contribution is -2.33. The lowest BCUT2D eigenvalue weighted by atomic mass is 10.1. The molecule has 0 saturated heterocycles. The molecule has 6 nitrogen and oxygen atoms in total. The zero-order chi connectivity index (χ0) is 14.1. The third-order valence-corrected chi connectivity index (χ3v) is 4.01. The number of aromatic carboxylic acids is 1. The number of benzene rings is 1. The number of rotatable bonds is 3. The van der Waals surface area contributed by atoms with E-state index in [-0.39, 0.29) is 5.56 Å². The van der Waals surface area contributed by atoms with Crippen molar-refractivity contribution in [2.45, 2.75) is 6.54 Å². The minimum absolute atomic E-state index is 0.162. The van der Waals surface area contributed by atoms with Crippen LogP contribution in [0.4, 0.5) is 5.69 Å². The highest BCUT2D eigenvalue weighted by Gasteiger charge is 2.24. The SMILES string of the molecule is O=C(O)c1cccc2c1OCCN2Cc1nnsc1Cl. The lowest BCUT2D eigenvalue weighted by molar-refractivity contribution is 0.0692. The molecule has 1 N–H and O–H groups in total. The molecule has 1 aliphatic heterocycles. The van der Waals surface area contributed by atoms with Crippen molar-refractivity contribution in [3.05, 3.63) is 33.8 Å². The summed E-state index contributed by atoms with van der Waals surface area (Å²) in [6, 6.07) is 5.06. The molecule has 8 heteroatoms. The normalized spacial score (nSPS) is 13.8. The highest BCUT2D eigenvalue weighted by atomic mass is 35.5. The number of hydrogen-bond acceptors (Lipinski definition) is 6. The van der Waals surface area contributed by atoms with Crippen molar-refractivity contribution in [1.82, 2.24) is 9.59 Å². The molecule has 0 fully saturated rings. The summed E-state index contributed by atoms with van der Waals surface area (Å²) >= 11 is 7.14. The number of hydrogen-bond donors (Lipinski definition) is 1. The van der Waals surface area contributed by atoms with E-state index in [1.165, 1.54) is 6.07 Å². The van der Waals surface area contributed by atoms with Crippen LogP contribution < -0.4 is 9.64 Å². The molecule has 3 rings (SSSR count). The van der Waals surface area contributed by atoms with E-state index in [0.717, 1.165) is 17.2 Å². The molecule has 2 heterocycles. The number of carboxylic acid groups (broad SMARTS) is 1. The smallest absolute Gasteiger partial charge is 0.339 e. The minimum atomic E-state index is -1.00. The Balaban J connectivity index is 1.96. The molecule has 2 aromatic rings. The molecule has 0 aliphatic carbocycles. The standard InChI is InChI=1S/C12H10ClN3O3S/c13-11-8(14-15-20-11)6-16-4-5-19-10-7(12(17)18)2-1-3-9(10)16/h1-3H,4-6H2,(H,17,18). The van der Waals surface area contributed by atoms with Crippen molar-refractivity contribution < 1.29 is 14.6 Å². The predicted molar refractivity (Wildman–Crippen MR) is 74.9 cm³/mol. The molecule has 0 radical (unpaired) electrons. The Bertz CT molecular complexity index is 661. The van der Waals surface area contributed by atoms with E-state index in [4.69, 9.17) is 16.3 Å². The van der Waals surface area contributed by atoms with Crippen LogP contribution in [0.3, 0.4) is 0 Å². The molecule has 0 bridgehead atoms. The zero-order valence-corrected chi connectivity index (χ0v) is 11.8. The molecular formula is C12H10ClN3O3S. The molecule has 1 aromatic carbocycles. The molecule has 104 valence electrons. The second kappa shape index (κ2) is 5.26. The third kappa shape index (κ3) is 2.30. The number of ether oxygens (including phenoxy) is 1. The van der Waals surface area contributed by atoms with Crippen molar-refractivity contribution in [2.75, 3.05) is 18.1 Å². The molecule has 0 saturated carbocycles. The number of halogens is 1. The van der Waals surface area contributed by atoms with Gasteiger partial charge in [0.2, 0.25) is 0 Å². The molecular weight excluding hydrogens is 302 g/mol. The second-order valence-corrected chi connectivity index (χ2v) is 5.58. The number of carboxylic acids is 1. The average Bonchev–Trinajstić information content (AvgIpc) is 2.84. The van der Waals surface area contributed by atoms with E-state index in [1.54, 1.807) is 6.07 Å². The van der Waals surface area contributed by atoms with Crippen LogP contribution in [0, 0.1) is 0 Å². The van der Waals surface area contributed by atoms with Gasteiger partial charge in [-0.05, 0) is 12.1 Å². The van der Waals surface area contributed by atoms with Crippen LogP contribution in [0.5, 0.6) is 5.75 Å². The first-order valence-corrected chi connectivity index (χ1v) is 7.02. The molecule has 0 spiro atoms. The molecule has 0 unspecified atom stereocenters. The summed E-state index contributed by atoms with van der Waals surface area (Å²) in [7, 11) is 0. The molecule has 0 amide bonds. The predicted octanol–water partition coefficient (Wildman–Crippen LogP) is 2.29. The van der Waals surface area contributed by atoms with Gasteiger partial charge < -0.3 is 14.7 Å². The maximum absolute atomic E-state index is 11.2. The largest absolute Gasteiger partial charge is 0.489 e. The quantitative estimate of drug-likeness (QED) is 0.937. The summed E-state index contributed by atoms with van der Waals surface area (Å²) in [5.41, 5.74) is 1.58. The van der Waals surface area contributed by atoms with Gasteiger partial charge in [0.15, 0.2) is 5.75 Å². The number of anilines is 1. The fourth-order valence-electron chi connectivity index (χ4n) is 2.11. The van der Waals surface area contributed by atoms with E-state index >= 15 is 0 Å². The van der Waals surface area contributed by atoms with Crippen LogP contribution >= 0.6 is 23.1 Å². The first-order valence-electron chi connectivity index (χ1n) is 5.87. The van der Waals surface area contributed by atoms with Gasteiger partial charge in [-0.2, -0.15) is 0 Å². The monoisotopic (exact) mass is 311 g/mol. The third-order valence-electron chi connectivity index (χ3n) is 3.02. The lowest BCUT2D eigenvalue weighted by Gasteiger charge is -2.31. The van der Waals surface area contributed by atoms with Gasteiger partial charge in [0.1, 0.15) is 22.2 Å². The summed E-state index contributed by atoms with van der Waals surface area (Å²) in [5.74, 6) is -0.609. The average molecular weight is 312 g/mol. The fraction of sp³-hybridized carbons (Fsp3) is 0.250. The number of aromatic nitrogens is 2. The van der Waals surface area contributed by atoms with Gasteiger partial charge >= 0.3 is 5.97 Å². The minimum Gasteiger partial charge on any atom is -0.489 e. The van der Waals surface area contributed by atoms with Crippen LogP contribution in [0.2, 0.25) is 4.34 Å². The summed E-state index contributed by atoms with van der Waals surface area (Å²) < 4.78 is 9.85.